The summed E-state index contributed by atoms with van der Waals surface area (Å²) in [4.78, 5) is 12.1. The molecule has 96 valence electrons. The maximum absolute atomic E-state index is 12.8. The van der Waals surface area contributed by atoms with Gasteiger partial charge in [0.15, 0.2) is 11.5 Å². The Labute approximate surface area is 108 Å². The zero-order chi connectivity index (χ0) is 13.2. The number of ether oxygens (including phenoxy) is 2. The Kier molecular flexibility index (Phi) is 2.79. The van der Waals surface area contributed by atoms with E-state index in [0.29, 0.717) is 22.7 Å². The molecule has 0 spiro atoms. The summed E-state index contributed by atoms with van der Waals surface area (Å²) in [6.07, 6.45) is 0. The van der Waals surface area contributed by atoms with Gasteiger partial charge in [0.25, 0.3) is 5.91 Å². The molecule has 0 aliphatic carbocycles. The summed E-state index contributed by atoms with van der Waals surface area (Å²) in [6.45, 7) is 0.107. The smallest absolute Gasteiger partial charge is 0.259 e. The number of carbonyl (C=O) groups excluding carboxylic acids is 1. The van der Waals surface area contributed by atoms with Crippen LogP contribution in [0.5, 0.6) is 11.5 Å². The summed E-state index contributed by atoms with van der Waals surface area (Å²) < 4.78 is 23.2. The number of nitrogens with one attached hydrogen (secondary N) is 1. The van der Waals surface area contributed by atoms with E-state index < -0.39 is 0 Å². The van der Waals surface area contributed by atoms with Crippen LogP contribution in [0.15, 0.2) is 42.5 Å². The maximum atomic E-state index is 12.8. The average molecular weight is 259 g/mol. The number of benzene rings is 2. The topological polar surface area (TPSA) is 47.6 Å². The minimum atomic E-state index is -0.352. The van der Waals surface area contributed by atoms with Crippen molar-refractivity contribution in [3.63, 3.8) is 0 Å². The lowest BCUT2D eigenvalue weighted by molar-refractivity contribution is 0.102. The van der Waals surface area contributed by atoms with Crippen LogP contribution < -0.4 is 14.8 Å². The lowest BCUT2D eigenvalue weighted by Crippen LogP contribution is -2.12. The highest BCUT2D eigenvalue weighted by Gasteiger charge is 2.21. The van der Waals surface area contributed by atoms with Gasteiger partial charge in [0.2, 0.25) is 6.79 Å². The standard InChI is InChI=1S/C14H10FNO3/c15-9-4-6-10(7-5-9)16-14(17)11-2-1-3-12-13(11)19-8-18-12/h1-7H,8H2,(H,16,17). The van der Waals surface area contributed by atoms with E-state index in [4.69, 9.17) is 9.47 Å². The molecule has 1 amide bonds. The number of fused-ring (bicyclic) bond motifs is 1. The van der Waals surface area contributed by atoms with Crippen molar-refractivity contribution in [2.75, 3.05) is 12.1 Å². The van der Waals surface area contributed by atoms with Gasteiger partial charge >= 0.3 is 0 Å². The van der Waals surface area contributed by atoms with E-state index in [9.17, 15) is 9.18 Å². The highest BCUT2D eigenvalue weighted by atomic mass is 19.1. The third-order valence-electron chi connectivity index (χ3n) is 2.74. The van der Waals surface area contributed by atoms with E-state index in [1.807, 2.05) is 0 Å². The van der Waals surface area contributed by atoms with Crippen LogP contribution in [0, 0.1) is 5.82 Å². The predicted octanol–water partition coefficient (Wildman–Crippen LogP) is 2.81. The lowest BCUT2D eigenvalue weighted by atomic mass is 10.1. The quantitative estimate of drug-likeness (QED) is 0.902. The largest absolute Gasteiger partial charge is 0.454 e. The number of rotatable bonds is 2. The molecule has 19 heavy (non-hydrogen) atoms. The Balaban J connectivity index is 1.85. The normalized spacial score (nSPS) is 12.3. The molecule has 2 aromatic carbocycles. The molecule has 1 aliphatic rings. The number of amides is 1. The molecule has 0 bridgehead atoms. The summed E-state index contributed by atoms with van der Waals surface area (Å²) in [5.41, 5.74) is 0.905. The number of hydrogen-bond donors (Lipinski definition) is 1. The van der Waals surface area contributed by atoms with Crippen molar-refractivity contribution in [1.29, 1.82) is 0 Å². The van der Waals surface area contributed by atoms with Crippen LogP contribution >= 0.6 is 0 Å². The molecule has 5 heteroatoms. The molecule has 4 nitrogen and oxygen atoms in total. The van der Waals surface area contributed by atoms with E-state index in [1.165, 1.54) is 24.3 Å². The van der Waals surface area contributed by atoms with E-state index in [0.717, 1.165) is 0 Å². The zero-order valence-electron chi connectivity index (χ0n) is 9.85. The van der Waals surface area contributed by atoms with Crippen LogP contribution in [-0.4, -0.2) is 12.7 Å². The van der Waals surface area contributed by atoms with Crippen molar-refractivity contribution < 1.29 is 18.7 Å². The van der Waals surface area contributed by atoms with Crippen LogP contribution in [0.4, 0.5) is 10.1 Å². The van der Waals surface area contributed by atoms with Crippen LogP contribution in [0.25, 0.3) is 0 Å². The monoisotopic (exact) mass is 259 g/mol. The van der Waals surface area contributed by atoms with Crippen LogP contribution in [0.3, 0.4) is 0 Å². The SMILES string of the molecule is O=C(Nc1ccc(F)cc1)c1cccc2c1OCO2. The van der Waals surface area contributed by atoms with Crippen molar-refractivity contribution in [3.8, 4) is 11.5 Å². The molecule has 0 aromatic heterocycles. The fourth-order valence-corrected chi connectivity index (χ4v) is 1.84. The third-order valence-corrected chi connectivity index (χ3v) is 2.74. The van der Waals surface area contributed by atoms with E-state index in [2.05, 4.69) is 5.32 Å². The van der Waals surface area contributed by atoms with Gasteiger partial charge in [-0.2, -0.15) is 0 Å². The second kappa shape index (κ2) is 4.61. The average Bonchev–Trinajstić information content (AvgIpc) is 2.89. The molecule has 0 saturated carbocycles. The summed E-state index contributed by atoms with van der Waals surface area (Å²) in [6, 6.07) is 10.6. The van der Waals surface area contributed by atoms with Crippen LogP contribution in [0.2, 0.25) is 0 Å². The molecule has 0 fully saturated rings. The molecule has 0 saturated heterocycles. The summed E-state index contributed by atoms with van der Waals surface area (Å²) >= 11 is 0. The Morgan fingerprint density at radius 2 is 1.89 bits per heavy atom. The first-order valence-electron chi connectivity index (χ1n) is 5.69. The van der Waals surface area contributed by atoms with Gasteiger partial charge in [0, 0.05) is 5.69 Å². The molecule has 1 aliphatic heterocycles. The number of hydrogen-bond acceptors (Lipinski definition) is 3. The molecular weight excluding hydrogens is 249 g/mol. The van der Waals surface area contributed by atoms with E-state index in [1.54, 1.807) is 18.2 Å². The van der Waals surface area contributed by atoms with Gasteiger partial charge in [-0.05, 0) is 36.4 Å². The molecule has 0 radical (unpaired) electrons. The second-order valence-corrected chi connectivity index (χ2v) is 4.00. The predicted molar refractivity (Wildman–Crippen MR) is 66.9 cm³/mol. The molecular formula is C14H10FNO3. The van der Waals surface area contributed by atoms with Crippen LogP contribution in [-0.2, 0) is 0 Å². The lowest BCUT2D eigenvalue weighted by Gasteiger charge is -2.07. The zero-order valence-corrected chi connectivity index (χ0v) is 9.85. The molecule has 1 heterocycles. The highest BCUT2D eigenvalue weighted by Crippen LogP contribution is 2.35. The van der Waals surface area contributed by atoms with Gasteiger partial charge in [0.05, 0.1) is 5.56 Å². The molecule has 0 atom stereocenters. The minimum Gasteiger partial charge on any atom is -0.454 e. The van der Waals surface area contributed by atoms with E-state index >= 15 is 0 Å². The first kappa shape index (κ1) is 11.5. The fraction of sp³-hybridized carbons (Fsp3) is 0.0714. The summed E-state index contributed by atoms with van der Waals surface area (Å²) in [5.74, 6) is 0.304. The summed E-state index contributed by atoms with van der Waals surface area (Å²) in [5, 5.41) is 2.67. The van der Waals surface area contributed by atoms with Gasteiger partial charge in [-0.15, -0.1) is 0 Å². The Morgan fingerprint density at radius 3 is 2.68 bits per heavy atom. The van der Waals surface area contributed by atoms with Gasteiger partial charge in [-0.1, -0.05) is 6.07 Å². The first-order valence-corrected chi connectivity index (χ1v) is 5.69. The Bertz CT molecular complexity index is 625. The molecule has 1 N–H and O–H groups in total. The Morgan fingerprint density at radius 1 is 1.11 bits per heavy atom. The number of halogens is 1. The van der Waals surface area contributed by atoms with Crippen molar-refractivity contribution in [3.05, 3.63) is 53.8 Å². The third kappa shape index (κ3) is 2.22. The fourth-order valence-electron chi connectivity index (χ4n) is 1.84. The number of carbonyl (C=O) groups is 1. The van der Waals surface area contributed by atoms with Crippen molar-refractivity contribution >= 4 is 11.6 Å². The van der Waals surface area contributed by atoms with E-state index in [-0.39, 0.29) is 18.5 Å². The van der Waals surface area contributed by atoms with Gasteiger partial charge in [0.1, 0.15) is 5.82 Å². The van der Waals surface area contributed by atoms with Gasteiger partial charge in [-0.3, -0.25) is 4.79 Å². The number of anilines is 1. The first-order chi connectivity index (χ1) is 9.24. The highest BCUT2D eigenvalue weighted by molar-refractivity contribution is 6.06. The van der Waals surface area contributed by atoms with Crippen molar-refractivity contribution in [2.45, 2.75) is 0 Å². The Hall–Kier alpha value is -2.56. The summed E-state index contributed by atoms with van der Waals surface area (Å²) in [7, 11) is 0. The molecule has 2 aromatic rings. The van der Waals surface area contributed by atoms with Gasteiger partial charge in [-0.25, -0.2) is 4.39 Å². The van der Waals surface area contributed by atoms with Crippen LogP contribution in [0.1, 0.15) is 10.4 Å². The molecule has 0 unspecified atom stereocenters. The van der Waals surface area contributed by atoms with Gasteiger partial charge < -0.3 is 14.8 Å². The second-order valence-electron chi connectivity index (χ2n) is 4.00. The molecule has 3 rings (SSSR count). The minimum absolute atomic E-state index is 0.107. The van der Waals surface area contributed by atoms with Crippen molar-refractivity contribution in [1.82, 2.24) is 0 Å². The van der Waals surface area contributed by atoms with Crippen molar-refractivity contribution in [2.24, 2.45) is 0 Å². The maximum Gasteiger partial charge on any atom is 0.259 e. The number of para-hydroxylation sites is 1.